The zero-order valence-corrected chi connectivity index (χ0v) is 19.7. The highest BCUT2D eigenvalue weighted by atomic mass is 35.5. The minimum atomic E-state index is -1.31. The molecule has 0 radical (unpaired) electrons. The van der Waals surface area contributed by atoms with Crippen LogP contribution in [0.5, 0.6) is 0 Å². The molecule has 10 heteroatoms. The number of anilines is 2. The number of halogens is 1. The fourth-order valence-corrected chi connectivity index (χ4v) is 4.90. The number of carboxylic acid groups (broad SMARTS) is 1. The average molecular weight is 489 g/mol. The van der Waals surface area contributed by atoms with Crippen molar-refractivity contribution < 1.29 is 9.90 Å². The SMILES string of the molecule is Cc1cc(N2CCC2)ncc1-n1cc(C(=O)O)c(=O)c2cc(Cl)c(N3Cc4cccnc4C3)nc21. The summed E-state index contributed by atoms with van der Waals surface area (Å²) in [4.78, 5) is 43.0. The highest BCUT2D eigenvalue weighted by Crippen LogP contribution is 2.33. The highest BCUT2D eigenvalue weighted by molar-refractivity contribution is 6.33. The van der Waals surface area contributed by atoms with E-state index in [1.54, 1.807) is 17.0 Å². The molecule has 2 aliphatic heterocycles. The van der Waals surface area contributed by atoms with Crippen molar-refractivity contribution in [1.82, 2.24) is 19.5 Å². The highest BCUT2D eigenvalue weighted by Gasteiger charge is 2.26. The third-order valence-electron chi connectivity index (χ3n) is 6.64. The molecule has 0 aliphatic carbocycles. The number of pyridine rings is 4. The number of hydrogen-bond acceptors (Lipinski definition) is 7. The molecular formula is C25H21ClN6O3. The molecule has 0 spiro atoms. The minimum Gasteiger partial charge on any atom is -0.477 e. The first-order valence-electron chi connectivity index (χ1n) is 11.3. The Balaban J connectivity index is 1.54. The molecule has 35 heavy (non-hydrogen) atoms. The van der Waals surface area contributed by atoms with Gasteiger partial charge in [0.1, 0.15) is 11.4 Å². The van der Waals surface area contributed by atoms with Crippen molar-refractivity contribution in [1.29, 1.82) is 0 Å². The van der Waals surface area contributed by atoms with Crippen molar-refractivity contribution in [2.75, 3.05) is 22.9 Å². The molecule has 0 bridgehead atoms. The zero-order valence-electron chi connectivity index (χ0n) is 18.9. The van der Waals surface area contributed by atoms with Gasteiger partial charge >= 0.3 is 5.97 Å². The lowest BCUT2D eigenvalue weighted by atomic mass is 10.1. The summed E-state index contributed by atoms with van der Waals surface area (Å²) >= 11 is 6.60. The molecule has 6 rings (SSSR count). The first-order valence-corrected chi connectivity index (χ1v) is 11.7. The van der Waals surface area contributed by atoms with Crippen LogP contribution in [0.3, 0.4) is 0 Å². The van der Waals surface area contributed by atoms with Crippen LogP contribution in [0.25, 0.3) is 16.7 Å². The van der Waals surface area contributed by atoms with Gasteiger partial charge in [0.2, 0.25) is 5.43 Å². The lowest BCUT2D eigenvalue weighted by Gasteiger charge is -2.32. The van der Waals surface area contributed by atoms with E-state index in [-0.39, 0.29) is 16.0 Å². The minimum absolute atomic E-state index is 0.139. The smallest absolute Gasteiger partial charge is 0.341 e. The van der Waals surface area contributed by atoms with Crippen molar-refractivity contribution in [3.05, 3.63) is 80.5 Å². The van der Waals surface area contributed by atoms with Gasteiger partial charge in [0.05, 0.1) is 34.5 Å². The molecule has 0 unspecified atom stereocenters. The van der Waals surface area contributed by atoms with Crippen LogP contribution in [0.4, 0.5) is 11.6 Å². The van der Waals surface area contributed by atoms with E-state index < -0.39 is 11.4 Å². The molecule has 1 N–H and O–H groups in total. The molecule has 0 aromatic carbocycles. The molecule has 4 aromatic rings. The van der Waals surface area contributed by atoms with E-state index in [4.69, 9.17) is 16.6 Å². The second-order valence-electron chi connectivity index (χ2n) is 8.85. The Morgan fingerprint density at radius 2 is 1.97 bits per heavy atom. The lowest BCUT2D eigenvalue weighted by Crippen LogP contribution is -2.37. The Morgan fingerprint density at radius 3 is 2.66 bits per heavy atom. The standard InChI is InChI=1S/C25H21ClN6O3/c1-14-8-21(30-6-3-7-30)28-10-20(14)32-12-17(25(34)35)22(33)16-9-18(26)24(29-23(16)32)31-11-15-4-2-5-27-19(15)13-31/h2,4-5,8-10,12H,3,6-7,11,13H2,1H3,(H,34,35). The predicted octanol–water partition coefficient (Wildman–Crippen LogP) is 3.57. The van der Waals surface area contributed by atoms with Gasteiger partial charge in [-0.3, -0.25) is 14.3 Å². The topological polar surface area (TPSA) is 104 Å². The first-order chi connectivity index (χ1) is 16.9. The first kappa shape index (κ1) is 21.5. The summed E-state index contributed by atoms with van der Waals surface area (Å²) < 4.78 is 1.63. The van der Waals surface area contributed by atoms with Crippen LogP contribution in [-0.2, 0) is 13.1 Å². The number of carboxylic acids is 1. The van der Waals surface area contributed by atoms with Gasteiger partial charge < -0.3 is 14.9 Å². The fraction of sp³-hybridized carbons (Fsp3) is 0.240. The summed E-state index contributed by atoms with van der Waals surface area (Å²) in [5.74, 6) is 0.0752. The molecular weight excluding hydrogens is 468 g/mol. The van der Waals surface area contributed by atoms with Crippen molar-refractivity contribution in [3.63, 3.8) is 0 Å². The van der Waals surface area contributed by atoms with E-state index in [0.717, 1.165) is 42.1 Å². The summed E-state index contributed by atoms with van der Waals surface area (Å²) in [6.45, 7) is 4.99. The molecule has 176 valence electrons. The third kappa shape index (κ3) is 3.50. The van der Waals surface area contributed by atoms with Gasteiger partial charge in [0.25, 0.3) is 0 Å². The number of carbonyl (C=O) groups is 1. The molecule has 0 amide bonds. The number of hydrogen-bond donors (Lipinski definition) is 1. The van der Waals surface area contributed by atoms with E-state index in [0.29, 0.717) is 30.2 Å². The number of nitrogens with zero attached hydrogens (tertiary/aromatic N) is 6. The molecule has 1 fully saturated rings. The molecule has 9 nitrogen and oxygen atoms in total. The van der Waals surface area contributed by atoms with E-state index in [2.05, 4.69) is 14.9 Å². The maximum atomic E-state index is 13.1. The second kappa shape index (κ2) is 8.06. The van der Waals surface area contributed by atoms with Gasteiger partial charge in [-0.05, 0) is 42.7 Å². The van der Waals surface area contributed by atoms with Crippen LogP contribution in [0.15, 0.2) is 47.7 Å². The van der Waals surface area contributed by atoms with Crippen molar-refractivity contribution in [2.24, 2.45) is 0 Å². The maximum Gasteiger partial charge on any atom is 0.341 e. The van der Waals surface area contributed by atoms with Crippen LogP contribution < -0.4 is 15.2 Å². The molecule has 1 saturated heterocycles. The summed E-state index contributed by atoms with van der Waals surface area (Å²) in [5.41, 5.74) is 2.92. The Morgan fingerprint density at radius 1 is 1.14 bits per heavy atom. The van der Waals surface area contributed by atoms with Crippen LogP contribution in [0.2, 0.25) is 5.02 Å². The summed E-state index contributed by atoms with van der Waals surface area (Å²) in [5, 5.41) is 10.1. The van der Waals surface area contributed by atoms with Crippen molar-refractivity contribution in [3.8, 4) is 5.69 Å². The molecule has 0 saturated carbocycles. The largest absolute Gasteiger partial charge is 0.477 e. The van der Waals surface area contributed by atoms with E-state index in [1.807, 2.05) is 30.0 Å². The Hall–Kier alpha value is -3.98. The summed E-state index contributed by atoms with van der Waals surface area (Å²) in [6, 6.07) is 7.39. The molecule has 4 aromatic heterocycles. The molecule has 6 heterocycles. The van der Waals surface area contributed by atoms with Crippen LogP contribution >= 0.6 is 11.6 Å². The third-order valence-corrected chi connectivity index (χ3v) is 6.92. The number of aromatic carboxylic acids is 1. The monoisotopic (exact) mass is 488 g/mol. The maximum absolute atomic E-state index is 13.1. The van der Waals surface area contributed by atoms with Gasteiger partial charge in [0.15, 0.2) is 11.5 Å². The van der Waals surface area contributed by atoms with Gasteiger partial charge in [-0.25, -0.2) is 14.8 Å². The van der Waals surface area contributed by atoms with Crippen molar-refractivity contribution >= 4 is 40.2 Å². The van der Waals surface area contributed by atoms with Crippen LogP contribution in [0.1, 0.15) is 33.6 Å². The summed E-state index contributed by atoms with van der Waals surface area (Å²) in [6.07, 6.45) is 5.91. The van der Waals surface area contributed by atoms with Crippen LogP contribution in [0, 0.1) is 6.92 Å². The van der Waals surface area contributed by atoms with Gasteiger partial charge in [-0.2, -0.15) is 0 Å². The van der Waals surface area contributed by atoms with E-state index >= 15 is 0 Å². The van der Waals surface area contributed by atoms with Gasteiger partial charge in [-0.15, -0.1) is 0 Å². The van der Waals surface area contributed by atoms with E-state index in [9.17, 15) is 14.7 Å². The number of rotatable bonds is 4. The quantitative estimate of drug-likeness (QED) is 0.465. The van der Waals surface area contributed by atoms with Gasteiger partial charge in [0, 0.05) is 32.0 Å². The zero-order chi connectivity index (χ0) is 24.3. The van der Waals surface area contributed by atoms with E-state index in [1.165, 1.54) is 12.3 Å². The normalized spacial score (nSPS) is 14.8. The number of aryl methyl sites for hydroxylation is 1. The number of aromatic nitrogens is 4. The molecule has 2 aliphatic rings. The van der Waals surface area contributed by atoms with Crippen molar-refractivity contribution in [2.45, 2.75) is 26.4 Å². The Bertz CT molecular complexity index is 1560. The van der Waals surface area contributed by atoms with Gasteiger partial charge in [-0.1, -0.05) is 17.7 Å². The average Bonchev–Trinajstić information content (AvgIpc) is 3.22. The fourth-order valence-electron chi connectivity index (χ4n) is 4.63. The van der Waals surface area contributed by atoms with Crippen LogP contribution in [-0.4, -0.2) is 43.7 Å². The predicted molar refractivity (Wildman–Crippen MR) is 133 cm³/mol. The lowest BCUT2D eigenvalue weighted by molar-refractivity contribution is 0.0695. The Kier molecular flexibility index (Phi) is 4.96. The Labute approximate surface area is 205 Å². The number of fused-ring (bicyclic) bond motifs is 2. The molecule has 0 atom stereocenters. The second-order valence-corrected chi connectivity index (χ2v) is 9.25. The summed E-state index contributed by atoms with van der Waals surface area (Å²) in [7, 11) is 0.